The highest BCUT2D eigenvalue weighted by molar-refractivity contribution is 9.10. The fourth-order valence-electron chi connectivity index (χ4n) is 2.02. The number of rotatable bonds is 5. The zero-order valence-corrected chi connectivity index (χ0v) is 13.2. The lowest BCUT2D eigenvalue weighted by Crippen LogP contribution is -2.21. The molecule has 3 heteroatoms. The molecule has 0 radical (unpaired) electrons. The molecule has 0 spiro atoms. The van der Waals surface area contributed by atoms with Gasteiger partial charge in [0.05, 0.1) is 10.7 Å². The van der Waals surface area contributed by atoms with Crippen molar-refractivity contribution in [3.63, 3.8) is 0 Å². The Hall–Kier alpha value is -0.990. The zero-order chi connectivity index (χ0) is 13.7. The summed E-state index contributed by atoms with van der Waals surface area (Å²) >= 11 is 9.69. The summed E-state index contributed by atoms with van der Waals surface area (Å²) in [5.41, 5.74) is 2.33. The number of benzene rings is 2. The van der Waals surface area contributed by atoms with Crippen molar-refractivity contribution in [1.29, 1.82) is 0 Å². The van der Waals surface area contributed by atoms with E-state index in [0.717, 1.165) is 28.0 Å². The van der Waals surface area contributed by atoms with E-state index in [1.807, 2.05) is 24.3 Å². The average molecular weight is 339 g/mol. The average Bonchev–Trinajstić information content (AvgIpc) is 2.43. The van der Waals surface area contributed by atoms with E-state index < -0.39 is 0 Å². The molecule has 0 saturated carbocycles. The minimum atomic E-state index is 0.384. The molecule has 0 aliphatic carbocycles. The van der Waals surface area contributed by atoms with Crippen LogP contribution in [-0.4, -0.2) is 6.04 Å². The van der Waals surface area contributed by atoms with Crippen molar-refractivity contribution >= 4 is 33.2 Å². The molecule has 0 fully saturated rings. The van der Waals surface area contributed by atoms with Crippen LogP contribution in [0.2, 0.25) is 5.02 Å². The van der Waals surface area contributed by atoms with E-state index in [0.29, 0.717) is 6.04 Å². The standard InChI is InChI=1S/C16H17BrClN/c1-2-14(10-12-6-4-3-5-7-12)19-16-11-13(17)8-9-15(16)18/h3-9,11,14,19H,2,10H2,1H3. The summed E-state index contributed by atoms with van der Waals surface area (Å²) in [6, 6.07) is 16.8. The van der Waals surface area contributed by atoms with Crippen molar-refractivity contribution in [2.24, 2.45) is 0 Å². The maximum atomic E-state index is 6.22. The van der Waals surface area contributed by atoms with E-state index in [-0.39, 0.29) is 0 Å². The predicted molar refractivity (Wildman–Crippen MR) is 87.0 cm³/mol. The highest BCUT2D eigenvalue weighted by atomic mass is 79.9. The first kappa shape index (κ1) is 14.4. The Bertz CT molecular complexity index is 528. The summed E-state index contributed by atoms with van der Waals surface area (Å²) in [6.07, 6.45) is 2.05. The quantitative estimate of drug-likeness (QED) is 0.755. The molecule has 1 unspecified atom stereocenters. The van der Waals surface area contributed by atoms with Crippen LogP contribution in [0.15, 0.2) is 53.0 Å². The van der Waals surface area contributed by atoms with Crippen molar-refractivity contribution in [3.8, 4) is 0 Å². The molecule has 19 heavy (non-hydrogen) atoms. The lowest BCUT2D eigenvalue weighted by atomic mass is 10.0. The number of halogens is 2. The summed E-state index contributed by atoms with van der Waals surface area (Å²) in [5.74, 6) is 0. The van der Waals surface area contributed by atoms with Crippen molar-refractivity contribution in [3.05, 3.63) is 63.6 Å². The third kappa shape index (κ3) is 4.26. The molecule has 1 N–H and O–H groups in total. The van der Waals surface area contributed by atoms with Crippen LogP contribution in [0.4, 0.5) is 5.69 Å². The number of nitrogens with one attached hydrogen (secondary N) is 1. The van der Waals surface area contributed by atoms with Gasteiger partial charge in [0.25, 0.3) is 0 Å². The van der Waals surface area contributed by atoms with E-state index in [2.05, 4.69) is 52.4 Å². The third-order valence-electron chi connectivity index (χ3n) is 3.11. The molecular formula is C16H17BrClN. The van der Waals surface area contributed by atoms with Crippen LogP contribution in [0, 0.1) is 0 Å². The van der Waals surface area contributed by atoms with Crippen LogP contribution in [0.25, 0.3) is 0 Å². The molecule has 1 nitrogen and oxygen atoms in total. The second kappa shape index (κ2) is 6.97. The van der Waals surface area contributed by atoms with Gasteiger partial charge in [-0.1, -0.05) is 64.8 Å². The van der Waals surface area contributed by atoms with Crippen LogP contribution in [0.3, 0.4) is 0 Å². The SMILES string of the molecule is CCC(Cc1ccccc1)Nc1cc(Br)ccc1Cl. The number of hydrogen-bond donors (Lipinski definition) is 1. The van der Waals surface area contributed by atoms with Crippen molar-refractivity contribution in [2.75, 3.05) is 5.32 Å². The fraction of sp³-hybridized carbons (Fsp3) is 0.250. The molecule has 0 heterocycles. The largest absolute Gasteiger partial charge is 0.381 e. The summed E-state index contributed by atoms with van der Waals surface area (Å²) in [5, 5.41) is 4.28. The Labute approximate surface area is 128 Å². The Morgan fingerprint density at radius 2 is 1.89 bits per heavy atom. The lowest BCUT2D eigenvalue weighted by Gasteiger charge is -2.19. The van der Waals surface area contributed by atoms with Crippen molar-refractivity contribution in [1.82, 2.24) is 0 Å². The summed E-state index contributed by atoms with van der Waals surface area (Å²) in [6.45, 7) is 2.19. The smallest absolute Gasteiger partial charge is 0.0638 e. The minimum Gasteiger partial charge on any atom is -0.381 e. The highest BCUT2D eigenvalue weighted by Gasteiger charge is 2.09. The second-order valence-corrected chi connectivity index (χ2v) is 5.89. The molecule has 0 aliphatic heterocycles. The number of anilines is 1. The molecule has 0 aromatic heterocycles. The maximum Gasteiger partial charge on any atom is 0.0638 e. The minimum absolute atomic E-state index is 0.384. The van der Waals surface area contributed by atoms with Crippen molar-refractivity contribution in [2.45, 2.75) is 25.8 Å². The van der Waals surface area contributed by atoms with Crippen LogP contribution in [-0.2, 0) is 6.42 Å². The second-order valence-electron chi connectivity index (χ2n) is 4.56. The third-order valence-corrected chi connectivity index (χ3v) is 3.93. The highest BCUT2D eigenvalue weighted by Crippen LogP contribution is 2.27. The van der Waals surface area contributed by atoms with Gasteiger partial charge in [0.2, 0.25) is 0 Å². The lowest BCUT2D eigenvalue weighted by molar-refractivity contribution is 0.690. The molecule has 2 aromatic carbocycles. The first-order valence-electron chi connectivity index (χ1n) is 6.44. The molecule has 2 aromatic rings. The maximum absolute atomic E-state index is 6.22. The van der Waals surface area contributed by atoms with Crippen molar-refractivity contribution < 1.29 is 0 Å². The number of hydrogen-bond acceptors (Lipinski definition) is 1. The van der Waals surface area contributed by atoms with Gasteiger partial charge in [-0.3, -0.25) is 0 Å². The topological polar surface area (TPSA) is 12.0 Å². The first-order chi connectivity index (χ1) is 9.19. The van der Waals surface area contributed by atoms with Gasteiger partial charge in [-0.25, -0.2) is 0 Å². The molecule has 1 atom stereocenters. The monoisotopic (exact) mass is 337 g/mol. The Morgan fingerprint density at radius 3 is 2.58 bits per heavy atom. The molecule has 0 aliphatic rings. The van der Waals surface area contributed by atoms with Gasteiger partial charge >= 0.3 is 0 Å². The van der Waals surface area contributed by atoms with Crippen LogP contribution in [0.5, 0.6) is 0 Å². The Kier molecular flexibility index (Phi) is 5.29. The van der Waals surface area contributed by atoms with Gasteiger partial charge in [-0.15, -0.1) is 0 Å². The van der Waals surface area contributed by atoms with Gasteiger partial charge in [-0.05, 0) is 36.6 Å². The van der Waals surface area contributed by atoms with Gasteiger partial charge in [-0.2, -0.15) is 0 Å². The van der Waals surface area contributed by atoms with E-state index >= 15 is 0 Å². The molecule has 0 saturated heterocycles. The molecular weight excluding hydrogens is 322 g/mol. The summed E-state index contributed by atoms with van der Waals surface area (Å²) in [7, 11) is 0. The summed E-state index contributed by atoms with van der Waals surface area (Å²) in [4.78, 5) is 0. The summed E-state index contributed by atoms with van der Waals surface area (Å²) < 4.78 is 1.04. The van der Waals surface area contributed by atoms with Gasteiger partial charge in [0.15, 0.2) is 0 Å². The van der Waals surface area contributed by atoms with Crippen LogP contribution in [0.1, 0.15) is 18.9 Å². The first-order valence-corrected chi connectivity index (χ1v) is 7.61. The normalized spacial score (nSPS) is 12.2. The molecule has 0 bridgehead atoms. The van der Waals surface area contributed by atoms with Gasteiger partial charge < -0.3 is 5.32 Å². The Balaban J connectivity index is 2.09. The van der Waals surface area contributed by atoms with Gasteiger partial charge in [0, 0.05) is 10.5 Å². The fourth-order valence-corrected chi connectivity index (χ4v) is 2.56. The van der Waals surface area contributed by atoms with E-state index in [1.165, 1.54) is 5.56 Å². The predicted octanol–water partition coefficient (Wildman–Crippen LogP) is 5.54. The zero-order valence-electron chi connectivity index (χ0n) is 10.9. The van der Waals surface area contributed by atoms with E-state index in [9.17, 15) is 0 Å². The van der Waals surface area contributed by atoms with Crippen LogP contribution >= 0.6 is 27.5 Å². The van der Waals surface area contributed by atoms with E-state index in [1.54, 1.807) is 0 Å². The van der Waals surface area contributed by atoms with Gasteiger partial charge in [0.1, 0.15) is 0 Å². The van der Waals surface area contributed by atoms with E-state index in [4.69, 9.17) is 11.6 Å². The molecule has 100 valence electrons. The van der Waals surface area contributed by atoms with Crippen LogP contribution < -0.4 is 5.32 Å². The molecule has 0 amide bonds. The Morgan fingerprint density at radius 1 is 1.16 bits per heavy atom. The molecule has 2 rings (SSSR count).